The fourth-order valence-electron chi connectivity index (χ4n) is 3.37. The number of benzene rings is 2. The standard InChI is InChI=1S/C20H19N3O4/c24-18(11-13-23-16-8-3-4-9-17(16)27-20(23)26)21-14-6-1-2-7-15(14)22-12-5-10-19(22)25/h1-4,6-9H,5,10-13H2,(H,21,24). The van der Waals surface area contributed by atoms with Crippen LogP contribution >= 0.6 is 0 Å². The lowest BCUT2D eigenvalue weighted by Crippen LogP contribution is -2.26. The fraction of sp³-hybridized carbons (Fsp3) is 0.250. The highest BCUT2D eigenvalue weighted by molar-refractivity contribution is 6.02. The molecular formula is C20H19N3O4. The van der Waals surface area contributed by atoms with E-state index >= 15 is 0 Å². The molecule has 1 fully saturated rings. The normalized spacial score (nSPS) is 14.1. The predicted octanol–water partition coefficient (Wildman–Crippen LogP) is 2.75. The van der Waals surface area contributed by atoms with Crippen LogP contribution in [0.25, 0.3) is 11.1 Å². The highest BCUT2D eigenvalue weighted by Gasteiger charge is 2.24. The Morgan fingerprint density at radius 3 is 2.67 bits per heavy atom. The average Bonchev–Trinajstić information content (AvgIpc) is 3.23. The summed E-state index contributed by atoms with van der Waals surface area (Å²) in [6.07, 6.45) is 1.46. The summed E-state index contributed by atoms with van der Waals surface area (Å²) in [4.78, 5) is 38.2. The van der Waals surface area contributed by atoms with Crippen LogP contribution in [-0.2, 0) is 16.1 Å². The number of aryl methyl sites for hydroxylation is 1. The monoisotopic (exact) mass is 365 g/mol. The molecule has 1 aliphatic heterocycles. The highest BCUT2D eigenvalue weighted by Crippen LogP contribution is 2.29. The molecule has 0 spiro atoms. The van der Waals surface area contributed by atoms with Gasteiger partial charge in [-0.3, -0.25) is 14.2 Å². The molecule has 138 valence electrons. The topological polar surface area (TPSA) is 84.5 Å². The zero-order chi connectivity index (χ0) is 18.8. The zero-order valence-electron chi connectivity index (χ0n) is 14.7. The largest absolute Gasteiger partial charge is 0.419 e. The van der Waals surface area contributed by atoms with Gasteiger partial charge in [0.15, 0.2) is 5.58 Å². The Balaban J connectivity index is 1.48. The third-order valence-corrected chi connectivity index (χ3v) is 4.68. The second kappa shape index (κ2) is 7.11. The van der Waals surface area contributed by atoms with Gasteiger partial charge < -0.3 is 14.6 Å². The van der Waals surface area contributed by atoms with Crippen molar-refractivity contribution in [1.29, 1.82) is 0 Å². The molecule has 0 atom stereocenters. The minimum absolute atomic E-state index is 0.0631. The summed E-state index contributed by atoms with van der Waals surface area (Å²) in [7, 11) is 0. The van der Waals surface area contributed by atoms with E-state index in [1.807, 2.05) is 24.3 Å². The van der Waals surface area contributed by atoms with E-state index in [9.17, 15) is 14.4 Å². The van der Waals surface area contributed by atoms with Crippen LogP contribution in [0, 0.1) is 0 Å². The van der Waals surface area contributed by atoms with Crippen LogP contribution in [0.2, 0.25) is 0 Å². The number of carbonyl (C=O) groups is 2. The number of hydrogen-bond acceptors (Lipinski definition) is 4. The van der Waals surface area contributed by atoms with Crippen molar-refractivity contribution in [2.45, 2.75) is 25.8 Å². The van der Waals surface area contributed by atoms with E-state index in [0.29, 0.717) is 35.4 Å². The Labute approximate surface area is 155 Å². The molecule has 7 heteroatoms. The van der Waals surface area contributed by atoms with Gasteiger partial charge in [-0.15, -0.1) is 0 Å². The minimum atomic E-state index is -0.480. The van der Waals surface area contributed by atoms with Crippen molar-refractivity contribution in [2.75, 3.05) is 16.8 Å². The van der Waals surface area contributed by atoms with Crippen LogP contribution in [0.3, 0.4) is 0 Å². The number of hydrogen-bond donors (Lipinski definition) is 1. The van der Waals surface area contributed by atoms with Crippen LogP contribution in [0.1, 0.15) is 19.3 Å². The fourth-order valence-corrected chi connectivity index (χ4v) is 3.37. The van der Waals surface area contributed by atoms with Crippen LogP contribution in [0.5, 0.6) is 0 Å². The molecular weight excluding hydrogens is 346 g/mol. The lowest BCUT2D eigenvalue weighted by molar-refractivity contribution is -0.117. The molecule has 0 saturated carbocycles. The van der Waals surface area contributed by atoms with Crippen molar-refractivity contribution >= 4 is 34.3 Å². The third kappa shape index (κ3) is 3.36. The molecule has 0 radical (unpaired) electrons. The maximum Gasteiger partial charge on any atom is 0.419 e. The first kappa shape index (κ1) is 17.1. The number of carbonyl (C=O) groups excluding carboxylic acids is 2. The van der Waals surface area contributed by atoms with Crippen LogP contribution in [-0.4, -0.2) is 22.9 Å². The first-order valence-corrected chi connectivity index (χ1v) is 8.91. The first-order chi connectivity index (χ1) is 13.1. The smallest absolute Gasteiger partial charge is 0.408 e. The Morgan fingerprint density at radius 2 is 1.85 bits per heavy atom. The van der Waals surface area contributed by atoms with Gasteiger partial charge >= 0.3 is 5.76 Å². The second-order valence-electron chi connectivity index (χ2n) is 6.45. The average molecular weight is 365 g/mol. The number of rotatable bonds is 5. The quantitative estimate of drug-likeness (QED) is 0.753. The Kier molecular flexibility index (Phi) is 4.50. The molecule has 4 rings (SSSR count). The van der Waals surface area contributed by atoms with Crippen molar-refractivity contribution in [2.24, 2.45) is 0 Å². The highest BCUT2D eigenvalue weighted by atomic mass is 16.4. The first-order valence-electron chi connectivity index (χ1n) is 8.91. The summed E-state index contributed by atoms with van der Waals surface area (Å²) >= 11 is 0. The van der Waals surface area contributed by atoms with Gasteiger partial charge in [-0.2, -0.15) is 0 Å². The summed E-state index contributed by atoms with van der Waals surface area (Å²) in [5.74, 6) is -0.647. The zero-order valence-corrected chi connectivity index (χ0v) is 14.7. The Morgan fingerprint density at radius 1 is 1.07 bits per heavy atom. The van der Waals surface area contributed by atoms with E-state index in [4.69, 9.17) is 4.42 Å². The van der Waals surface area contributed by atoms with Gasteiger partial charge in [-0.25, -0.2) is 4.79 Å². The molecule has 0 unspecified atom stereocenters. The van der Waals surface area contributed by atoms with Crippen molar-refractivity contribution in [3.05, 3.63) is 59.1 Å². The van der Waals surface area contributed by atoms with E-state index in [1.54, 1.807) is 29.2 Å². The van der Waals surface area contributed by atoms with E-state index in [-0.39, 0.29) is 24.8 Å². The van der Waals surface area contributed by atoms with E-state index < -0.39 is 5.76 Å². The number of nitrogens with zero attached hydrogens (tertiary/aromatic N) is 2. The van der Waals surface area contributed by atoms with Crippen LogP contribution in [0.4, 0.5) is 11.4 Å². The number of nitrogens with one attached hydrogen (secondary N) is 1. The van der Waals surface area contributed by atoms with Gasteiger partial charge in [0.2, 0.25) is 11.8 Å². The Bertz CT molecular complexity index is 1070. The van der Waals surface area contributed by atoms with Crippen LogP contribution in [0.15, 0.2) is 57.7 Å². The lowest BCUT2D eigenvalue weighted by Gasteiger charge is -2.20. The molecule has 2 amide bonds. The molecule has 27 heavy (non-hydrogen) atoms. The van der Waals surface area contributed by atoms with Gasteiger partial charge in [0.05, 0.1) is 16.9 Å². The van der Waals surface area contributed by atoms with Crippen molar-refractivity contribution in [3.63, 3.8) is 0 Å². The number of amides is 2. The molecule has 3 aromatic rings. The van der Waals surface area contributed by atoms with Crippen molar-refractivity contribution in [1.82, 2.24) is 4.57 Å². The molecule has 2 heterocycles. The maximum absolute atomic E-state index is 12.4. The number of anilines is 2. The molecule has 1 N–H and O–H groups in total. The third-order valence-electron chi connectivity index (χ3n) is 4.68. The summed E-state index contributed by atoms with van der Waals surface area (Å²) < 4.78 is 6.63. The van der Waals surface area contributed by atoms with E-state index in [1.165, 1.54) is 4.57 Å². The summed E-state index contributed by atoms with van der Waals surface area (Å²) in [6, 6.07) is 14.4. The SMILES string of the molecule is O=C(CCn1c(=O)oc2ccccc21)Nc1ccccc1N1CCCC1=O. The number of oxazole rings is 1. The van der Waals surface area contributed by atoms with Crippen molar-refractivity contribution < 1.29 is 14.0 Å². The number of para-hydroxylation sites is 4. The van der Waals surface area contributed by atoms with Gasteiger partial charge in [-0.05, 0) is 30.7 Å². The van der Waals surface area contributed by atoms with E-state index in [2.05, 4.69) is 5.32 Å². The summed E-state index contributed by atoms with van der Waals surface area (Å²) in [6.45, 7) is 0.870. The number of fused-ring (bicyclic) bond motifs is 1. The van der Waals surface area contributed by atoms with Gasteiger partial charge in [0.25, 0.3) is 0 Å². The predicted molar refractivity (Wildman–Crippen MR) is 102 cm³/mol. The molecule has 0 bridgehead atoms. The minimum Gasteiger partial charge on any atom is -0.408 e. The lowest BCUT2D eigenvalue weighted by atomic mass is 10.2. The molecule has 1 aliphatic rings. The van der Waals surface area contributed by atoms with Gasteiger partial charge in [0, 0.05) is 25.9 Å². The second-order valence-corrected chi connectivity index (χ2v) is 6.45. The molecule has 2 aromatic carbocycles. The summed E-state index contributed by atoms with van der Waals surface area (Å²) in [5, 5.41) is 2.86. The maximum atomic E-state index is 12.4. The number of aromatic nitrogens is 1. The van der Waals surface area contributed by atoms with E-state index in [0.717, 1.165) is 6.42 Å². The molecule has 1 saturated heterocycles. The molecule has 1 aromatic heterocycles. The van der Waals surface area contributed by atoms with Gasteiger partial charge in [0.1, 0.15) is 0 Å². The van der Waals surface area contributed by atoms with Crippen LogP contribution < -0.4 is 16.0 Å². The molecule has 7 nitrogen and oxygen atoms in total. The Hall–Kier alpha value is -3.35. The summed E-state index contributed by atoms with van der Waals surface area (Å²) in [5.41, 5.74) is 2.47. The van der Waals surface area contributed by atoms with Crippen molar-refractivity contribution in [3.8, 4) is 0 Å². The molecule has 0 aliphatic carbocycles. The van der Waals surface area contributed by atoms with Gasteiger partial charge in [-0.1, -0.05) is 24.3 Å².